The molecule has 2 rings (SSSR count). The van der Waals surface area contributed by atoms with Crippen LogP contribution < -0.4 is 5.32 Å². The van der Waals surface area contributed by atoms with Crippen LogP contribution in [0.1, 0.15) is 35.3 Å². The third-order valence-electron chi connectivity index (χ3n) is 4.14. The van der Waals surface area contributed by atoms with Gasteiger partial charge in [0.15, 0.2) is 0 Å². The standard InChI is InChI=1S/C19H24N2O3S/c1-13(2)21(5)25(23,24)17-9-7-16(8-10-17)20-19(22)18-11-6-14(3)12-15(18)4/h6-13H,1-5H3,(H,20,22). The number of nitrogens with zero attached hydrogens (tertiary/aromatic N) is 1. The van der Waals surface area contributed by atoms with Crippen LogP contribution in [0.2, 0.25) is 0 Å². The number of hydrogen-bond donors (Lipinski definition) is 1. The van der Waals surface area contributed by atoms with E-state index in [1.54, 1.807) is 25.2 Å². The quantitative estimate of drug-likeness (QED) is 0.886. The monoisotopic (exact) mass is 360 g/mol. The van der Waals surface area contributed by atoms with Crippen LogP contribution in [0.3, 0.4) is 0 Å². The molecule has 6 heteroatoms. The van der Waals surface area contributed by atoms with Crippen molar-refractivity contribution < 1.29 is 13.2 Å². The Labute approximate surface area is 149 Å². The predicted molar refractivity (Wildman–Crippen MR) is 100 cm³/mol. The minimum atomic E-state index is -3.53. The van der Waals surface area contributed by atoms with Gasteiger partial charge in [-0.1, -0.05) is 17.7 Å². The van der Waals surface area contributed by atoms with Crippen LogP contribution in [0, 0.1) is 13.8 Å². The Bertz CT molecular complexity index is 872. The summed E-state index contributed by atoms with van der Waals surface area (Å²) in [4.78, 5) is 12.6. The van der Waals surface area contributed by atoms with Crippen LogP contribution in [0.25, 0.3) is 0 Å². The maximum Gasteiger partial charge on any atom is 0.255 e. The van der Waals surface area contributed by atoms with Crippen molar-refractivity contribution in [1.82, 2.24) is 4.31 Å². The number of benzene rings is 2. The summed E-state index contributed by atoms with van der Waals surface area (Å²) < 4.78 is 26.2. The largest absolute Gasteiger partial charge is 0.322 e. The molecule has 0 saturated heterocycles. The minimum absolute atomic E-state index is 0.131. The Morgan fingerprint density at radius 3 is 2.16 bits per heavy atom. The van der Waals surface area contributed by atoms with Crippen molar-refractivity contribution in [3.8, 4) is 0 Å². The van der Waals surface area contributed by atoms with E-state index in [-0.39, 0.29) is 16.8 Å². The van der Waals surface area contributed by atoms with Gasteiger partial charge in [-0.05, 0) is 63.6 Å². The topological polar surface area (TPSA) is 66.5 Å². The molecule has 0 saturated carbocycles. The molecular weight excluding hydrogens is 336 g/mol. The van der Waals surface area contributed by atoms with Gasteiger partial charge in [-0.25, -0.2) is 8.42 Å². The molecule has 0 bridgehead atoms. The SMILES string of the molecule is Cc1ccc(C(=O)Nc2ccc(S(=O)(=O)N(C)C(C)C)cc2)c(C)c1. The van der Waals surface area contributed by atoms with Gasteiger partial charge < -0.3 is 5.32 Å². The Hall–Kier alpha value is -2.18. The molecule has 2 aromatic carbocycles. The molecule has 0 radical (unpaired) electrons. The first-order chi connectivity index (χ1) is 11.6. The van der Waals surface area contributed by atoms with E-state index in [1.807, 2.05) is 39.8 Å². The van der Waals surface area contributed by atoms with Gasteiger partial charge in [0, 0.05) is 24.3 Å². The van der Waals surface area contributed by atoms with Gasteiger partial charge in [-0.3, -0.25) is 4.79 Å². The number of carbonyl (C=O) groups excluding carboxylic acids is 1. The second-order valence-electron chi connectivity index (χ2n) is 6.41. The molecule has 134 valence electrons. The maximum atomic E-state index is 12.4. The summed E-state index contributed by atoms with van der Waals surface area (Å²) in [5.41, 5.74) is 3.14. The van der Waals surface area contributed by atoms with E-state index in [9.17, 15) is 13.2 Å². The molecule has 0 aromatic heterocycles. The highest BCUT2D eigenvalue weighted by Gasteiger charge is 2.22. The van der Waals surface area contributed by atoms with Gasteiger partial charge in [-0.15, -0.1) is 0 Å². The van der Waals surface area contributed by atoms with E-state index >= 15 is 0 Å². The number of anilines is 1. The molecule has 0 aliphatic carbocycles. The average Bonchev–Trinajstić information content (AvgIpc) is 2.54. The normalized spacial score (nSPS) is 11.8. The number of amides is 1. The molecule has 5 nitrogen and oxygen atoms in total. The molecule has 0 aliphatic heterocycles. The number of rotatable bonds is 5. The van der Waals surface area contributed by atoms with Crippen LogP contribution in [0.15, 0.2) is 47.4 Å². The summed E-state index contributed by atoms with van der Waals surface area (Å²) in [6.07, 6.45) is 0. The first-order valence-corrected chi connectivity index (χ1v) is 9.53. The second kappa shape index (κ2) is 7.37. The molecule has 0 spiro atoms. The lowest BCUT2D eigenvalue weighted by Crippen LogP contribution is -2.33. The first-order valence-electron chi connectivity index (χ1n) is 8.09. The summed E-state index contributed by atoms with van der Waals surface area (Å²) in [6, 6.07) is 11.7. The van der Waals surface area contributed by atoms with E-state index < -0.39 is 10.0 Å². The van der Waals surface area contributed by atoms with Crippen LogP contribution in [0.4, 0.5) is 5.69 Å². The smallest absolute Gasteiger partial charge is 0.255 e. The second-order valence-corrected chi connectivity index (χ2v) is 8.41. The lowest BCUT2D eigenvalue weighted by atomic mass is 10.1. The highest BCUT2D eigenvalue weighted by Crippen LogP contribution is 2.20. The summed E-state index contributed by atoms with van der Waals surface area (Å²) >= 11 is 0. The molecule has 0 aliphatic rings. The van der Waals surface area contributed by atoms with Crippen LogP contribution in [-0.2, 0) is 10.0 Å². The fourth-order valence-electron chi connectivity index (χ4n) is 2.42. The van der Waals surface area contributed by atoms with Gasteiger partial charge in [0.25, 0.3) is 5.91 Å². The molecule has 25 heavy (non-hydrogen) atoms. The Morgan fingerprint density at radius 1 is 1.04 bits per heavy atom. The van der Waals surface area contributed by atoms with E-state index in [1.165, 1.54) is 16.4 Å². The number of aryl methyl sites for hydroxylation is 2. The fraction of sp³-hybridized carbons (Fsp3) is 0.316. The van der Waals surface area contributed by atoms with Gasteiger partial charge >= 0.3 is 0 Å². The number of carbonyl (C=O) groups is 1. The zero-order chi connectivity index (χ0) is 18.8. The summed E-state index contributed by atoms with van der Waals surface area (Å²) in [6.45, 7) is 7.49. The van der Waals surface area contributed by atoms with Crippen LogP contribution >= 0.6 is 0 Å². The highest BCUT2D eigenvalue weighted by atomic mass is 32.2. The van der Waals surface area contributed by atoms with Crippen molar-refractivity contribution in [2.75, 3.05) is 12.4 Å². The number of hydrogen-bond acceptors (Lipinski definition) is 3. The summed E-state index contributed by atoms with van der Waals surface area (Å²) in [5, 5.41) is 2.80. The van der Waals surface area contributed by atoms with Crippen molar-refractivity contribution in [3.63, 3.8) is 0 Å². The third kappa shape index (κ3) is 4.27. The molecule has 0 unspecified atom stereocenters. The van der Waals surface area contributed by atoms with E-state index in [4.69, 9.17) is 0 Å². The molecule has 0 atom stereocenters. The van der Waals surface area contributed by atoms with Gasteiger partial charge in [-0.2, -0.15) is 4.31 Å². The van der Waals surface area contributed by atoms with E-state index in [2.05, 4.69) is 5.32 Å². The van der Waals surface area contributed by atoms with Gasteiger partial charge in [0.05, 0.1) is 4.90 Å². The van der Waals surface area contributed by atoms with Crippen molar-refractivity contribution in [2.24, 2.45) is 0 Å². The Morgan fingerprint density at radius 2 is 1.64 bits per heavy atom. The van der Waals surface area contributed by atoms with Gasteiger partial charge in [0.2, 0.25) is 10.0 Å². The van der Waals surface area contributed by atoms with E-state index in [0.29, 0.717) is 11.3 Å². The molecule has 1 N–H and O–H groups in total. The van der Waals surface area contributed by atoms with Crippen molar-refractivity contribution in [2.45, 2.75) is 38.6 Å². The molecular formula is C19H24N2O3S. The summed E-state index contributed by atoms with van der Waals surface area (Å²) in [5.74, 6) is -0.215. The number of nitrogens with one attached hydrogen (secondary N) is 1. The van der Waals surface area contributed by atoms with Gasteiger partial charge in [0.1, 0.15) is 0 Å². The Balaban J connectivity index is 2.19. The molecule has 0 fully saturated rings. The zero-order valence-corrected chi connectivity index (χ0v) is 16.0. The number of sulfonamides is 1. The van der Waals surface area contributed by atoms with Crippen LogP contribution in [-0.4, -0.2) is 31.7 Å². The minimum Gasteiger partial charge on any atom is -0.322 e. The fourth-order valence-corrected chi connectivity index (χ4v) is 3.79. The predicted octanol–water partition coefficient (Wildman–Crippen LogP) is 3.58. The maximum absolute atomic E-state index is 12.4. The molecule has 1 amide bonds. The summed E-state index contributed by atoms with van der Waals surface area (Å²) in [7, 11) is -1.98. The molecule has 0 heterocycles. The lowest BCUT2D eigenvalue weighted by Gasteiger charge is -2.21. The lowest BCUT2D eigenvalue weighted by molar-refractivity contribution is 0.102. The molecule has 2 aromatic rings. The average molecular weight is 360 g/mol. The highest BCUT2D eigenvalue weighted by molar-refractivity contribution is 7.89. The van der Waals surface area contributed by atoms with Crippen molar-refractivity contribution in [1.29, 1.82) is 0 Å². The first kappa shape index (κ1) is 19.1. The van der Waals surface area contributed by atoms with Crippen molar-refractivity contribution >= 4 is 21.6 Å². The Kier molecular flexibility index (Phi) is 5.65. The van der Waals surface area contributed by atoms with E-state index in [0.717, 1.165) is 11.1 Å². The third-order valence-corrected chi connectivity index (χ3v) is 6.19. The van der Waals surface area contributed by atoms with Crippen LogP contribution in [0.5, 0.6) is 0 Å². The van der Waals surface area contributed by atoms with Crippen molar-refractivity contribution in [3.05, 3.63) is 59.2 Å². The zero-order valence-electron chi connectivity index (χ0n) is 15.2.